The lowest BCUT2D eigenvalue weighted by Crippen LogP contribution is -1.97. The number of nitrogens with one attached hydrogen (secondary N) is 1. The molecule has 0 amide bonds. The molecule has 4 aromatic rings. The van der Waals surface area contributed by atoms with Crippen LogP contribution < -0.4 is 5.32 Å². The second-order valence-electron chi connectivity index (χ2n) is 5.98. The van der Waals surface area contributed by atoms with Crippen LogP contribution in [-0.4, -0.2) is 9.97 Å². The first kappa shape index (κ1) is 15.7. The molecular formula is C20H16FN3S. The zero-order valence-electron chi connectivity index (χ0n) is 13.9. The van der Waals surface area contributed by atoms with E-state index in [4.69, 9.17) is 0 Å². The molecule has 2 heterocycles. The van der Waals surface area contributed by atoms with Crippen LogP contribution in [0.5, 0.6) is 0 Å². The highest BCUT2D eigenvalue weighted by molar-refractivity contribution is 7.17. The van der Waals surface area contributed by atoms with Crippen molar-refractivity contribution in [2.45, 2.75) is 13.8 Å². The molecule has 0 aliphatic heterocycles. The molecule has 1 N–H and O–H groups in total. The van der Waals surface area contributed by atoms with Gasteiger partial charge < -0.3 is 5.32 Å². The maximum atomic E-state index is 14.0. The van der Waals surface area contributed by atoms with E-state index in [1.54, 1.807) is 29.5 Å². The first-order valence-electron chi connectivity index (χ1n) is 7.95. The Balaban J connectivity index is 1.89. The molecular weight excluding hydrogens is 333 g/mol. The molecule has 0 saturated heterocycles. The van der Waals surface area contributed by atoms with E-state index in [2.05, 4.69) is 52.7 Å². The van der Waals surface area contributed by atoms with Gasteiger partial charge in [0.15, 0.2) is 0 Å². The van der Waals surface area contributed by atoms with Gasteiger partial charge in [-0.05, 0) is 37.1 Å². The Kier molecular flexibility index (Phi) is 3.93. The first-order valence-corrected chi connectivity index (χ1v) is 8.83. The maximum Gasteiger partial charge on any atom is 0.146 e. The van der Waals surface area contributed by atoms with E-state index in [0.717, 1.165) is 21.3 Å². The summed E-state index contributed by atoms with van der Waals surface area (Å²) in [5.41, 5.74) is 5.03. The summed E-state index contributed by atoms with van der Waals surface area (Å²) in [5.74, 6) is 0.309. The van der Waals surface area contributed by atoms with Gasteiger partial charge in [0.1, 0.15) is 22.8 Å². The highest BCUT2D eigenvalue weighted by atomic mass is 32.1. The number of hydrogen-bond acceptors (Lipinski definition) is 4. The van der Waals surface area contributed by atoms with E-state index in [0.29, 0.717) is 11.5 Å². The van der Waals surface area contributed by atoms with E-state index >= 15 is 0 Å². The number of aryl methyl sites for hydroxylation is 2. The summed E-state index contributed by atoms with van der Waals surface area (Å²) in [7, 11) is 0. The van der Waals surface area contributed by atoms with Crippen LogP contribution in [0.2, 0.25) is 0 Å². The third-order valence-electron chi connectivity index (χ3n) is 4.17. The van der Waals surface area contributed by atoms with Crippen LogP contribution >= 0.6 is 11.3 Å². The van der Waals surface area contributed by atoms with Crippen molar-refractivity contribution in [3.63, 3.8) is 0 Å². The summed E-state index contributed by atoms with van der Waals surface area (Å²) in [4.78, 5) is 9.62. The molecule has 0 fully saturated rings. The van der Waals surface area contributed by atoms with Crippen molar-refractivity contribution in [1.29, 1.82) is 0 Å². The highest BCUT2D eigenvalue weighted by Gasteiger charge is 2.15. The molecule has 5 heteroatoms. The van der Waals surface area contributed by atoms with Crippen molar-refractivity contribution in [2.75, 3.05) is 5.32 Å². The topological polar surface area (TPSA) is 37.8 Å². The summed E-state index contributed by atoms with van der Waals surface area (Å²) >= 11 is 1.57. The number of anilines is 2. The maximum absolute atomic E-state index is 14.0. The van der Waals surface area contributed by atoms with Crippen LogP contribution in [-0.2, 0) is 0 Å². The molecule has 25 heavy (non-hydrogen) atoms. The number of para-hydroxylation sites is 1. The van der Waals surface area contributed by atoms with E-state index in [-0.39, 0.29) is 5.82 Å². The Morgan fingerprint density at radius 3 is 2.64 bits per heavy atom. The van der Waals surface area contributed by atoms with Crippen molar-refractivity contribution in [2.24, 2.45) is 0 Å². The van der Waals surface area contributed by atoms with Gasteiger partial charge in [-0.25, -0.2) is 14.4 Å². The zero-order valence-corrected chi connectivity index (χ0v) is 14.7. The van der Waals surface area contributed by atoms with Crippen LogP contribution in [0.4, 0.5) is 15.9 Å². The molecule has 4 rings (SSSR count). The van der Waals surface area contributed by atoms with Gasteiger partial charge in [0.05, 0.1) is 11.1 Å². The number of halogens is 1. The Bertz CT molecular complexity index is 1070. The summed E-state index contributed by atoms with van der Waals surface area (Å²) < 4.78 is 14.0. The van der Waals surface area contributed by atoms with Crippen molar-refractivity contribution in [3.8, 4) is 11.1 Å². The van der Waals surface area contributed by atoms with Gasteiger partial charge in [-0.3, -0.25) is 0 Å². The van der Waals surface area contributed by atoms with Crippen molar-refractivity contribution < 1.29 is 4.39 Å². The number of nitrogens with zero attached hydrogens (tertiary/aromatic N) is 2. The van der Waals surface area contributed by atoms with Gasteiger partial charge in [-0.15, -0.1) is 11.3 Å². The quantitative estimate of drug-likeness (QED) is 0.503. The fourth-order valence-corrected chi connectivity index (χ4v) is 3.88. The summed E-state index contributed by atoms with van der Waals surface area (Å²) in [6.07, 6.45) is 1.51. The van der Waals surface area contributed by atoms with Crippen molar-refractivity contribution >= 4 is 33.1 Å². The molecule has 2 aromatic carbocycles. The predicted octanol–water partition coefficient (Wildman–Crippen LogP) is 5.86. The molecule has 0 unspecified atom stereocenters. The van der Waals surface area contributed by atoms with Gasteiger partial charge >= 0.3 is 0 Å². The van der Waals surface area contributed by atoms with Crippen LogP contribution in [0.3, 0.4) is 0 Å². The molecule has 0 saturated carbocycles. The smallest absolute Gasteiger partial charge is 0.146 e. The number of benzene rings is 2. The van der Waals surface area contributed by atoms with E-state index < -0.39 is 0 Å². The fourth-order valence-electron chi connectivity index (χ4n) is 2.97. The number of fused-ring (bicyclic) bond motifs is 1. The molecule has 0 aliphatic rings. The van der Waals surface area contributed by atoms with Crippen LogP contribution in [0, 0.1) is 19.7 Å². The van der Waals surface area contributed by atoms with Crippen molar-refractivity contribution in [1.82, 2.24) is 9.97 Å². The number of hydrogen-bond donors (Lipinski definition) is 1. The minimum Gasteiger partial charge on any atom is -0.337 e. The molecule has 0 bridgehead atoms. The normalized spacial score (nSPS) is 11.0. The van der Waals surface area contributed by atoms with Crippen LogP contribution in [0.25, 0.3) is 21.3 Å². The largest absolute Gasteiger partial charge is 0.337 e. The molecule has 2 aromatic heterocycles. The van der Waals surface area contributed by atoms with Crippen LogP contribution in [0.1, 0.15) is 11.1 Å². The van der Waals surface area contributed by atoms with E-state index in [9.17, 15) is 4.39 Å². The monoisotopic (exact) mass is 349 g/mol. The number of rotatable bonds is 3. The molecule has 0 atom stereocenters. The predicted molar refractivity (Wildman–Crippen MR) is 102 cm³/mol. The lowest BCUT2D eigenvalue weighted by Gasteiger charge is -2.10. The van der Waals surface area contributed by atoms with Gasteiger partial charge in [0.2, 0.25) is 0 Å². The lowest BCUT2D eigenvalue weighted by atomic mass is 9.99. The number of thiophene rings is 1. The van der Waals surface area contributed by atoms with Gasteiger partial charge in [-0.1, -0.05) is 35.9 Å². The third kappa shape index (κ3) is 2.87. The Labute approximate surface area is 149 Å². The molecule has 0 aliphatic carbocycles. The average molecular weight is 349 g/mol. The van der Waals surface area contributed by atoms with Gasteiger partial charge in [0, 0.05) is 10.9 Å². The minimum atomic E-state index is -0.308. The summed E-state index contributed by atoms with van der Waals surface area (Å²) in [6, 6.07) is 13.0. The zero-order chi connectivity index (χ0) is 17.4. The van der Waals surface area contributed by atoms with Gasteiger partial charge in [0.25, 0.3) is 0 Å². The first-order chi connectivity index (χ1) is 12.1. The SMILES string of the molecule is Cc1ccc(-c2csc3ncnc(Nc4ccccc4F)c23)c(C)c1. The fraction of sp³-hybridized carbons (Fsp3) is 0.100. The number of aromatic nitrogens is 2. The third-order valence-corrected chi connectivity index (χ3v) is 5.06. The second-order valence-corrected chi connectivity index (χ2v) is 6.83. The van der Waals surface area contributed by atoms with Crippen molar-refractivity contribution in [3.05, 3.63) is 71.1 Å². The summed E-state index contributed by atoms with van der Waals surface area (Å²) in [6.45, 7) is 4.18. The van der Waals surface area contributed by atoms with E-state index in [1.807, 2.05) is 0 Å². The second kappa shape index (κ2) is 6.26. The average Bonchev–Trinajstić information content (AvgIpc) is 3.02. The lowest BCUT2D eigenvalue weighted by molar-refractivity contribution is 0.632. The molecule has 3 nitrogen and oxygen atoms in total. The summed E-state index contributed by atoms with van der Waals surface area (Å²) in [5, 5.41) is 6.13. The Morgan fingerprint density at radius 1 is 1.00 bits per heavy atom. The minimum absolute atomic E-state index is 0.308. The van der Waals surface area contributed by atoms with Crippen LogP contribution in [0.15, 0.2) is 54.2 Å². The van der Waals surface area contributed by atoms with Gasteiger partial charge in [-0.2, -0.15) is 0 Å². The highest BCUT2D eigenvalue weighted by Crippen LogP contribution is 2.39. The Morgan fingerprint density at radius 2 is 1.84 bits per heavy atom. The van der Waals surface area contributed by atoms with E-state index in [1.165, 1.54) is 23.5 Å². The Hall–Kier alpha value is -2.79. The molecule has 124 valence electrons. The molecule has 0 radical (unpaired) electrons. The molecule has 0 spiro atoms. The standard InChI is InChI=1S/C20H16FN3S/c1-12-7-8-14(13(2)9-12)15-10-25-20-18(15)19(22-11-23-20)24-17-6-4-3-5-16(17)21/h3-11H,1-2H3,(H,22,23,24).